The zero-order chi connectivity index (χ0) is 16.7. The number of benzene rings is 1. The minimum atomic E-state index is -1.42. The van der Waals surface area contributed by atoms with Crippen LogP contribution in [-0.2, 0) is 11.4 Å². The van der Waals surface area contributed by atoms with Crippen molar-refractivity contribution in [3.05, 3.63) is 43.6 Å². The largest absolute Gasteiger partial charge is 0.591 e. The number of H-pyrrole nitrogens is 1. The van der Waals surface area contributed by atoms with Gasteiger partial charge in [-0.1, -0.05) is 16.0 Å². The Labute approximate surface area is 145 Å². The Hall–Kier alpha value is -0.820. The van der Waals surface area contributed by atoms with Crippen molar-refractivity contribution in [3.8, 4) is 0 Å². The van der Waals surface area contributed by atoms with Gasteiger partial charge in [-0.3, -0.25) is 4.79 Å². The molecule has 0 saturated heterocycles. The summed E-state index contributed by atoms with van der Waals surface area (Å²) in [6.07, 6.45) is 0. The number of fused-ring (bicyclic) bond motifs is 1. The molecule has 0 bridgehead atoms. The number of nitrogens with zero attached hydrogens (tertiary/aromatic N) is 1. The highest BCUT2D eigenvalue weighted by molar-refractivity contribution is 9.10. The summed E-state index contributed by atoms with van der Waals surface area (Å²) in [5.41, 5.74) is 1.24. The Morgan fingerprint density at radius 3 is 2.59 bits per heavy atom. The van der Waals surface area contributed by atoms with Gasteiger partial charge in [0.15, 0.2) is 0 Å². The van der Waals surface area contributed by atoms with Crippen molar-refractivity contribution in [3.63, 3.8) is 0 Å². The van der Waals surface area contributed by atoms with E-state index in [1.165, 1.54) is 0 Å². The molecule has 0 saturated carbocycles. The molecule has 22 heavy (non-hydrogen) atoms. The SMILES string of the molecule is C/C(=N\[S+]([O-])C(C)(C)C)c1cc2cc(Cl)c(Br)cc2[nH]c1=O. The van der Waals surface area contributed by atoms with E-state index in [1.807, 2.05) is 20.8 Å². The fraction of sp³-hybridized carbons (Fsp3) is 0.333. The van der Waals surface area contributed by atoms with Gasteiger partial charge in [-0.2, -0.15) is 0 Å². The van der Waals surface area contributed by atoms with Crippen LogP contribution in [0.25, 0.3) is 10.9 Å². The van der Waals surface area contributed by atoms with Crippen LogP contribution in [0.1, 0.15) is 33.3 Å². The molecule has 118 valence electrons. The van der Waals surface area contributed by atoms with Crippen molar-refractivity contribution in [1.82, 2.24) is 4.98 Å². The molecule has 1 unspecified atom stereocenters. The summed E-state index contributed by atoms with van der Waals surface area (Å²) in [6.45, 7) is 7.19. The van der Waals surface area contributed by atoms with E-state index in [2.05, 4.69) is 25.3 Å². The van der Waals surface area contributed by atoms with Crippen LogP contribution < -0.4 is 5.56 Å². The third kappa shape index (κ3) is 3.74. The fourth-order valence-electron chi connectivity index (χ4n) is 1.78. The Morgan fingerprint density at radius 1 is 1.36 bits per heavy atom. The third-order valence-electron chi connectivity index (χ3n) is 3.02. The van der Waals surface area contributed by atoms with E-state index < -0.39 is 16.1 Å². The van der Waals surface area contributed by atoms with Gasteiger partial charge in [0.05, 0.1) is 10.6 Å². The smallest absolute Gasteiger partial charge is 0.257 e. The number of rotatable bonds is 2. The maximum Gasteiger partial charge on any atom is 0.257 e. The molecule has 1 atom stereocenters. The highest BCUT2D eigenvalue weighted by atomic mass is 79.9. The molecule has 7 heteroatoms. The summed E-state index contributed by atoms with van der Waals surface area (Å²) in [7, 11) is 0. The monoisotopic (exact) mass is 402 g/mol. The Bertz CT molecular complexity index is 812. The van der Waals surface area contributed by atoms with Crippen LogP contribution >= 0.6 is 27.5 Å². The minimum Gasteiger partial charge on any atom is -0.591 e. The number of aromatic nitrogens is 1. The van der Waals surface area contributed by atoms with E-state index in [1.54, 1.807) is 25.1 Å². The number of hydrogen-bond acceptors (Lipinski definition) is 3. The van der Waals surface area contributed by atoms with Crippen LogP contribution in [-0.4, -0.2) is 20.0 Å². The second kappa shape index (κ2) is 6.35. The summed E-state index contributed by atoms with van der Waals surface area (Å²) < 4.78 is 16.5. The van der Waals surface area contributed by atoms with Gasteiger partial charge in [-0.15, -0.1) is 0 Å². The van der Waals surface area contributed by atoms with Gasteiger partial charge >= 0.3 is 0 Å². The lowest BCUT2D eigenvalue weighted by Crippen LogP contribution is -2.27. The van der Waals surface area contributed by atoms with Crippen LogP contribution in [0.5, 0.6) is 0 Å². The second-order valence-electron chi connectivity index (χ2n) is 5.90. The van der Waals surface area contributed by atoms with E-state index in [-0.39, 0.29) is 5.56 Å². The van der Waals surface area contributed by atoms with Gasteiger partial charge in [0.2, 0.25) is 0 Å². The van der Waals surface area contributed by atoms with E-state index in [0.29, 0.717) is 26.3 Å². The number of aromatic amines is 1. The number of nitrogens with one attached hydrogen (secondary N) is 1. The first-order valence-corrected chi connectivity index (χ1v) is 8.87. The van der Waals surface area contributed by atoms with E-state index in [0.717, 1.165) is 5.39 Å². The van der Waals surface area contributed by atoms with Crippen LogP contribution in [0.2, 0.25) is 5.02 Å². The Morgan fingerprint density at radius 2 is 2.00 bits per heavy atom. The highest BCUT2D eigenvalue weighted by Gasteiger charge is 2.27. The molecule has 1 aromatic carbocycles. The first-order chi connectivity index (χ1) is 10.1. The average Bonchev–Trinajstić information content (AvgIpc) is 2.38. The molecule has 0 radical (unpaired) electrons. The molecule has 2 rings (SSSR count). The molecule has 0 aliphatic carbocycles. The molecule has 0 aliphatic heterocycles. The quantitative estimate of drug-likeness (QED) is 0.602. The van der Waals surface area contributed by atoms with Crippen LogP contribution in [0.4, 0.5) is 0 Å². The van der Waals surface area contributed by atoms with Gasteiger partial charge in [-0.05, 0) is 61.8 Å². The van der Waals surface area contributed by atoms with Crippen molar-refractivity contribution in [1.29, 1.82) is 0 Å². The van der Waals surface area contributed by atoms with Gasteiger partial charge in [-0.25, -0.2) is 0 Å². The molecule has 0 spiro atoms. The van der Waals surface area contributed by atoms with E-state index in [4.69, 9.17) is 11.6 Å². The molecule has 0 fully saturated rings. The fourth-order valence-corrected chi connectivity index (χ4v) is 2.92. The third-order valence-corrected chi connectivity index (χ3v) is 5.70. The average molecular weight is 404 g/mol. The molecule has 0 aliphatic rings. The Balaban J connectivity index is 2.56. The first-order valence-electron chi connectivity index (χ1n) is 6.59. The normalized spacial score (nSPS) is 14.4. The first kappa shape index (κ1) is 17.5. The lowest BCUT2D eigenvalue weighted by atomic mass is 10.1. The molecular formula is C15H16BrClN2O2S. The maximum atomic E-state index is 12.2. The minimum absolute atomic E-state index is 0.270. The van der Waals surface area contributed by atoms with Gasteiger partial charge in [0.1, 0.15) is 21.8 Å². The highest BCUT2D eigenvalue weighted by Crippen LogP contribution is 2.27. The molecule has 2 aromatic rings. The van der Waals surface area contributed by atoms with Crippen LogP contribution in [0.3, 0.4) is 0 Å². The lowest BCUT2D eigenvalue weighted by molar-refractivity contribution is 0.561. The molecule has 1 heterocycles. The summed E-state index contributed by atoms with van der Waals surface area (Å²) in [6, 6.07) is 5.22. The van der Waals surface area contributed by atoms with Gasteiger partial charge in [0.25, 0.3) is 5.56 Å². The van der Waals surface area contributed by atoms with Crippen molar-refractivity contribution in [2.45, 2.75) is 32.4 Å². The second-order valence-corrected chi connectivity index (χ2v) is 9.07. The summed E-state index contributed by atoms with van der Waals surface area (Å²) >= 11 is 7.99. The van der Waals surface area contributed by atoms with Gasteiger partial charge < -0.3 is 9.54 Å². The Kier molecular flexibility index (Phi) is 5.06. The summed E-state index contributed by atoms with van der Waals surface area (Å²) in [5, 5.41) is 1.34. The molecule has 0 amide bonds. The predicted octanol–water partition coefficient (Wildman–Crippen LogP) is 4.22. The summed E-state index contributed by atoms with van der Waals surface area (Å²) in [4.78, 5) is 15.0. The van der Waals surface area contributed by atoms with Crippen LogP contribution in [0, 0.1) is 0 Å². The standard InChI is InChI=1S/C15H16BrClN2O2S/c1-8(19-22(21)15(2,3)4)10-5-9-6-12(17)11(16)7-13(9)18-14(10)20/h5-7H,1-4H3,(H,18,20)/b19-8+. The molecular weight excluding hydrogens is 388 g/mol. The van der Waals surface area contributed by atoms with Crippen molar-refractivity contribution >= 4 is 55.5 Å². The van der Waals surface area contributed by atoms with Crippen molar-refractivity contribution in [2.75, 3.05) is 0 Å². The van der Waals surface area contributed by atoms with Gasteiger partial charge in [0, 0.05) is 15.4 Å². The predicted molar refractivity (Wildman–Crippen MR) is 97.4 cm³/mol. The van der Waals surface area contributed by atoms with Crippen LogP contribution in [0.15, 0.2) is 31.9 Å². The molecule has 1 N–H and O–H groups in total. The zero-order valence-corrected chi connectivity index (χ0v) is 15.8. The number of hydrogen-bond donors (Lipinski definition) is 1. The maximum absolute atomic E-state index is 12.2. The number of halogens is 2. The van der Waals surface area contributed by atoms with E-state index in [9.17, 15) is 9.35 Å². The van der Waals surface area contributed by atoms with Crippen molar-refractivity contribution in [2.24, 2.45) is 4.40 Å². The molecule has 1 aromatic heterocycles. The molecule has 4 nitrogen and oxygen atoms in total. The zero-order valence-electron chi connectivity index (χ0n) is 12.7. The van der Waals surface area contributed by atoms with Crippen molar-refractivity contribution < 1.29 is 4.55 Å². The van der Waals surface area contributed by atoms with E-state index >= 15 is 0 Å². The number of pyridine rings is 1. The lowest BCUT2D eigenvalue weighted by Gasteiger charge is -2.18. The topological polar surface area (TPSA) is 68.3 Å². The summed E-state index contributed by atoms with van der Waals surface area (Å²) in [5.74, 6) is 0.